The minimum absolute atomic E-state index is 0.0349. The molecule has 2 aromatic carbocycles. The van der Waals surface area contributed by atoms with E-state index in [1.807, 2.05) is 29.9 Å². The fourth-order valence-electron chi connectivity index (χ4n) is 4.60. The fourth-order valence-corrected chi connectivity index (χ4v) is 5.01. The molecule has 1 N–H and O–H groups in total. The predicted octanol–water partition coefficient (Wildman–Crippen LogP) is 4.94. The Morgan fingerprint density at radius 1 is 1.11 bits per heavy atom. The number of aryl methyl sites for hydroxylation is 1. The Kier molecular flexibility index (Phi) is 6.72. The molecule has 2 atom stereocenters. The number of hydrogen-bond donors (Lipinski definition) is 1. The Morgan fingerprint density at radius 2 is 1.89 bits per heavy atom. The first-order valence-corrected chi connectivity index (χ1v) is 13.2. The highest BCUT2D eigenvalue weighted by Crippen LogP contribution is 2.28. The van der Waals surface area contributed by atoms with Gasteiger partial charge in [0, 0.05) is 24.2 Å². The SMILES string of the molecule is CSc1ccc([C@@H](C)NC(=O)[C@H]2CCCN(c3ncnc4nn(-c5ccc(C)cc5)cc34)C2)cc1. The van der Waals surface area contributed by atoms with Crippen LogP contribution >= 0.6 is 11.8 Å². The number of nitrogens with one attached hydrogen (secondary N) is 1. The first kappa shape index (κ1) is 23.4. The lowest BCUT2D eigenvalue weighted by Gasteiger charge is -2.33. The Balaban J connectivity index is 1.32. The number of nitrogens with zero attached hydrogens (tertiary/aromatic N) is 5. The van der Waals surface area contributed by atoms with Crippen LogP contribution in [0.4, 0.5) is 5.82 Å². The van der Waals surface area contributed by atoms with Crippen molar-refractivity contribution in [3.05, 3.63) is 72.2 Å². The molecule has 1 saturated heterocycles. The Labute approximate surface area is 210 Å². The van der Waals surface area contributed by atoms with Crippen LogP contribution in [0.25, 0.3) is 16.7 Å². The average Bonchev–Trinajstić information content (AvgIpc) is 3.33. The summed E-state index contributed by atoms with van der Waals surface area (Å²) in [5, 5.41) is 8.79. The number of rotatable bonds is 6. The second-order valence-corrected chi connectivity index (χ2v) is 10.0. The number of thioether (sulfide) groups is 1. The van der Waals surface area contributed by atoms with Crippen molar-refractivity contribution >= 4 is 34.5 Å². The van der Waals surface area contributed by atoms with Crippen LogP contribution in [0, 0.1) is 12.8 Å². The van der Waals surface area contributed by atoms with Crippen molar-refractivity contribution in [3.8, 4) is 5.69 Å². The Hall–Kier alpha value is -3.39. The van der Waals surface area contributed by atoms with Crippen molar-refractivity contribution in [3.63, 3.8) is 0 Å². The number of benzene rings is 2. The molecule has 8 heteroatoms. The molecule has 0 unspecified atom stereocenters. The number of amides is 1. The van der Waals surface area contributed by atoms with E-state index in [4.69, 9.17) is 0 Å². The van der Waals surface area contributed by atoms with Gasteiger partial charge in [0.2, 0.25) is 5.91 Å². The second kappa shape index (κ2) is 10.1. The number of carbonyl (C=O) groups excluding carboxylic acids is 1. The van der Waals surface area contributed by atoms with E-state index in [1.54, 1.807) is 18.1 Å². The van der Waals surface area contributed by atoms with Crippen molar-refractivity contribution < 1.29 is 4.79 Å². The average molecular weight is 487 g/mol. The maximum absolute atomic E-state index is 13.2. The van der Waals surface area contributed by atoms with Gasteiger partial charge in [-0.15, -0.1) is 16.9 Å². The molecule has 2 aromatic heterocycles. The molecule has 180 valence electrons. The van der Waals surface area contributed by atoms with Gasteiger partial charge in [0.1, 0.15) is 12.1 Å². The molecule has 0 aliphatic carbocycles. The first-order valence-electron chi connectivity index (χ1n) is 12.0. The molecule has 4 aromatic rings. The maximum Gasteiger partial charge on any atom is 0.225 e. The molecular formula is C27H30N6OS. The zero-order valence-electron chi connectivity index (χ0n) is 20.3. The van der Waals surface area contributed by atoms with Gasteiger partial charge in [0.25, 0.3) is 0 Å². The number of hydrogen-bond acceptors (Lipinski definition) is 6. The third-order valence-corrected chi connectivity index (χ3v) is 7.40. The number of anilines is 1. The van der Waals surface area contributed by atoms with E-state index in [0.717, 1.165) is 41.8 Å². The predicted molar refractivity (Wildman–Crippen MR) is 141 cm³/mol. The van der Waals surface area contributed by atoms with Gasteiger partial charge in [-0.05, 0) is 62.8 Å². The highest BCUT2D eigenvalue weighted by atomic mass is 32.2. The monoisotopic (exact) mass is 486 g/mol. The minimum atomic E-state index is -0.0890. The van der Waals surface area contributed by atoms with Crippen molar-refractivity contribution in [2.75, 3.05) is 24.2 Å². The third kappa shape index (κ3) is 5.03. The number of aromatic nitrogens is 4. The minimum Gasteiger partial charge on any atom is -0.355 e. The van der Waals surface area contributed by atoms with Crippen LogP contribution in [0.1, 0.15) is 36.9 Å². The van der Waals surface area contributed by atoms with E-state index in [1.165, 1.54) is 10.5 Å². The summed E-state index contributed by atoms with van der Waals surface area (Å²) in [4.78, 5) is 25.6. The largest absolute Gasteiger partial charge is 0.355 e. The van der Waals surface area contributed by atoms with E-state index in [9.17, 15) is 4.79 Å². The van der Waals surface area contributed by atoms with E-state index < -0.39 is 0 Å². The van der Waals surface area contributed by atoms with Crippen LogP contribution < -0.4 is 10.2 Å². The lowest BCUT2D eigenvalue weighted by Crippen LogP contribution is -2.44. The van der Waals surface area contributed by atoms with Gasteiger partial charge < -0.3 is 10.2 Å². The van der Waals surface area contributed by atoms with Gasteiger partial charge in [-0.25, -0.2) is 14.6 Å². The molecule has 3 heterocycles. The van der Waals surface area contributed by atoms with Crippen LogP contribution in [-0.4, -0.2) is 45.0 Å². The molecule has 1 amide bonds. The summed E-state index contributed by atoms with van der Waals surface area (Å²) < 4.78 is 1.85. The van der Waals surface area contributed by atoms with Gasteiger partial charge in [-0.3, -0.25) is 4.79 Å². The van der Waals surface area contributed by atoms with Gasteiger partial charge >= 0.3 is 0 Å². The maximum atomic E-state index is 13.2. The molecule has 1 aliphatic heterocycles. The van der Waals surface area contributed by atoms with Gasteiger partial charge in [-0.1, -0.05) is 29.8 Å². The molecule has 0 spiro atoms. The molecule has 0 saturated carbocycles. The second-order valence-electron chi connectivity index (χ2n) is 9.13. The van der Waals surface area contributed by atoms with Crippen LogP contribution in [0.2, 0.25) is 0 Å². The van der Waals surface area contributed by atoms with Crippen molar-refractivity contribution in [2.45, 2.75) is 37.6 Å². The van der Waals surface area contributed by atoms with Gasteiger partial charge in [0.15, 0.2) is 5.65 Å². The van der Waals surface area contributed by atoms with E-state index in [0.29, 0.717) is 12.2 Å². The van der Waals surface area contributed by atoms with Crippen molar-refractivity contribution in [2.24, 2.45) is 5.92 Å². The highest BCUT2D eigenvalue weighted by molar-refractivity contribution is 7.98. The quantitative estimate of drug-likeness (QED) is 0.389. The highest BCUT2D eigenvalue weighted by Gasteiger charge is 2.29. The summed E-state index contributed by atoms with van der Waals surface area (Å²) in [5.41, 5.74) is 3.96. The summed E-state index contributed by atoms with van der Waals surface area (Å²) in [5.74, 6) is 0.845. The Morgan fingerprint density at radius 3 is 2.63 bits per heavy atom. The summed E-state index contributed by atoms with van der Waals surface area (Å²) in [6, 6.07) is 16.6. The van der Waals surface area contributed by atoms with E-state index >= 15 is 0 Å². The smallest absolute Gasteiger partial charge is 0.225 e. The summed E-state index contributed by atoms with van der Waals surface area (Å²) >= 11 is 1.72. The van der Waals surface area contributed by atoms with Crippen molar-refractivity contribution in [1.29, 1.82) is 0 Å². The molecule has 35 heavy (non-hydrogen) atoms. The van der Waals surface area contributed by atoms with Crippen LogP contribution in [-0.2, 0) is 4.79 Å². The summed E-state index contributed by atoms with van der Waals surface area (Å²) in [6.07, 6.45) is 7.42. The zero-order valence-corrected chi connectivity index (χ0v) is 21.1. The first-order chi connectivity index (χ1) is 17.0. The third-order valence-electron chi connectivity index (χ3n) is 6.66. The number of carbonyl (C=O) groups is 1. The lowest BCUT2D eigenvalue weighted by molar-refractivity contribution is -0.125. The van der Waals surface area contributed by atoms with Gasteiger partial charge in [0.05, 0.1) is 23.0 Å². The molecule has 7 nitrogen and oxygen atoms in total. The molecule has 0 radical (unpaired) electrons. The standard InChI is InChI=1S/C27H30N6OS/c1-18-6-10-22(11-7-18)33-16-24-25(31-33)28-17-29-26(24)32-14-4-5-21(15-32)27(34)30-19(2)20-8-12-23(35-3)13-9-20/h6-13,16-17,19,21H,4-5,14-15H2,1-3H3,(H,30,34)/t19-,21+/m1/s1. The summed E-state index contributed by atoms with van der Waals surface area (Å²) in [7, 11) is 0. The number of fused-ring (bicyclic) bond motifs is 1. The zero-order chi connectivity index (χ0) is 24.4. The molecular weight excluding hydrogens is 456 g/mol. The van der Waals surface area contributed by atoms with Crippen molar-refractivity contribution in [1.82, 2.24) is 25.1 Å². The summed E-state index contributed by atoms with van der Waals surface area (Å²) in [6.45, 7) is 5.60. The van der Waals surface area contributed by atoms with Gasteiger partial charge in [-0.2, -0.15) is 0 Å². The van der Waals surface area contributed by atoms with Crippen LogP contribution in [0.3, 0.4) is 0 Å². The van der Waals surface area contributed by atoms with E-state index in [-0.39, 0.29) is 17.9 Å². The molecule has 5 rings (SSSR count). The van der Waals surface area contributed by atoms with Crippen LogP contribution in [0.5, 0.6) is 0 Å². The Bertz CT molecular complexity index is 1320. The topological polar surface area (TPSA) is 75.9 Å². The molecule has 1 fully saturated rings. The number of piperidine rings is 1. The molecule has 0 bridgehead atoms. The lowest BCUT2D eigenvalue weighted by atomic mass is 9.96. The normalized spacial score (nSPS) is 16.9. The fraction of sp³-hybridized carbons (Fsp3) is 0.333. The van der Waals surface area contributed by atoms with Crippen LogP contribution in [0.15, 0.2) is 66.0 Å². The van der Waals surface area contributed by atoms with E-state index in [2.05, 4.69) is 74.9 Å². The molecule has 1 aliphatic rings.